The molecule has 0 aromatic heterocycles. The van der Waals surface area contributed by atoms with Gasteiger partial charge >= 0.3 is 0 Å². The van der Waals surface area contributed by atoms with Crippen LogP contribution in [0.5, 0.6) is 0 Å². The lowest BCUT2D eigenvalue weighted by Crippen LogP contribution is -2.57. The molecule has 2 aliphatic rings. The van der Waals surface area contributed by atoms with E-state index >= 15 is 0 Å². The second kappa shape index (κ2) is 18.7. The van der Waals surface area contributed by atoms with Crippen LogP contribution in [-0.4, -0.2) is 134 Å². The van der Waals surface area contributed by atoms with Gasteiger partial charge in [0.1, 0.15) is 69.8 Å². The third-order valence-electron chi connectivity index (χ3n) is 6.96. The number of aliphatic hydroxyl groups is 8. The van der Waals surface area contributed by atoms with E-state index in [1.807, 2.05) is 0 Å². The summed E-state index contributed by atoms with van der Waals surface area (Å²) in [6.07, 6.45) is -2.52. The Balaban J connectivity index is 1.56. The van der Waals surface area contributed by atoms with Crippen molar-refractivity contribution < 1.29 is 60.7 Å². The topological polar surface area (TPSA) is 245 Å². The van der Waals surface area contributed by atoms with Crippen molar-refractivity contribution in [1.29, 1.82) is 0 Å². The minimum atomic E-state index is -1.48. The number of hydrogen-bond acceptors (Lipinski definition) is 16. The Hall–Kier alpha value is -0.760. The monoisotopic (exact) mass is 616 g/mol. The van der Waals surface area contributed by atoms with Gasteiger partial charge < -0.3 is 60.7 Å². The van der Waals surface area contributed by atoms with E-state index in [0.29, 0.717) is 22.9 Å². The van der Waals surface area contributed by atoms with E-state index in [1.165, 1.54) is 0 Å². The van der Waals surface area contributed by atoms with Crippen molar-refractivity contribution in [2.45, 2.75) is 124 Å². The molecule has 0 aliphatic carbocycles. The van der Waals surface area contributed by atoms with Gasteiger partial charge in [0, 0.05) is 0 Å². The number of oxime groups is 2. The summed E-state index contributed by atoms with van der Waals surface area (Å²) in [6.45, 7) is -1.05. The maximum atomic E-state index is 10.1. The SMILES string of the molecule is OC[C@H]1O[C@@H](S/C(CCCCCCCCCC/C(=N\O)S[C@@H]2O[C@H](CO)[C@@H](O)[C@H](O)[C@H]2O)=N/O)[C@H](O)[C@@H](O)[C@@H]1O. The van der Waals surface area contributed by atoms with Gasteiger partial charge in [-0.15, -0.1) is 0 Å². The van der Waals surface area contributed by atoms with Gasteiger partial charge in [0.15, 0.2) is 0 Å². The first kappa shape index (κ1) is 35.4. The van der Waals surface area contributed by atoms with E-state index in [1.54, 1.807) is 0 Å². The van der Waals surface area contributed by atoms with Gasteiger partial charge in [0.25, 0.3) is 0 Å². The molecule has 2 heterocycles. The Bertz CT molecular complexity index is 716. The highest BCUT2D eigenvalue weighted by atomic mass is 32.2. The van der Waals surface area contributed by atoms with Crippen molar-refractivity contribution in [2.24, 2.45) is 10.3 Å². The van der Waals surface area contributed by atoms with Crippen molar-refractivity contribution in [1.82, 2.24) is 0 Å². The number of thioether (sulfide) groups is 2. The molecule has 2 rings (SSSR count). The molecule has 40 heavy (non-hydrogen) atoms. The molecular formula is C24H44N2O12S2. The fourth-order valence-corrected chi connectivity index (χ4v) is 6.63. The Kier molecular flexibility index (Phi) is 16.6. The van der Waals surface area contributed by atoms with Crippen molar-refractivity contribution in [3.8, 4) is 0 Å². The van der Waals surface area contributed by atoms with Crippen LogP contribution in [0.1, 0.15) is 64.2 Å². The minimum Gasteiger partial charge on any atom is -0.410 e. The molecule has 0 aromatic carbocycles. The molecule has 0 bridgehead atoms. The Morgan fingerprint density at radius 1 is 0.500 bits per heavy atom. The van der Waals surface area contributed by atoms with Crippen LogP contribution < -0.4 is 0 Å². The number of nitrogens with zero attached hydrogens (tertiary/aromatic N) is 2. The predicted molar refractivity (Wildman–Crippen MR) is 147 cm³/mol. The number of ether oxygens (including phenoxy) is 2. The van der Waals surface area contributed by atoms with Crippen LogP contribution in [0.25, 0.3) is 0 Å². The average molecular weight is 617 g/mol. The molecule has 0 radical (unpaired) electrons. The maximum Gasteiger partial charge on any atom is 0.138 e. The van der Waals surface area contributed by atoms with Gasteiger partial charge in [-0.2, -0.15) is 0 Å². The zero-order chi connectivity index (χ0) is 29.7. The van der Waals surface area contributed by atoms with Crippen LogP contribution in [0, 0.1) is 0 Å². The zero-order valence-electron chi connectivity index (χ0n) is 22.3. The fraction of sp³-hybridized carbons (Fsp3) is 0.917. The van der Waals surface area contributed by atoms with Crippen LogP contribution in [0.15, 0.2) is 10.3 Å². The van der Waals surface area contributed by atoms with Gasteiger partial charge in [0.2, 0.25) is 0 Å². The van der Waals surface area contributed by atoms with E-state index < -0.39 is 72.9 Å². The van der Waals surface area contributed by atoms with E-state index in [-0.39, 0.29) is 0 Å². The number of hydrogen-bond donors (Lipinski definition) is 10. The maximum absolute atomic E-state index is 10.1. The first-order valence-corrected chi connectivity index (χ1v) is 15.3. The van der Waals surface area contributed by atoms with Crippen molar-refractivity contribution >= 4 is 33.6 Å². The first-order chi connectivity index (χ1) is 19.2. The molecule has 0 unspecified atom stereocenters. The highest BCUT2D eigenvalue weighted by molar-refractivity contribution is 8.14. The smallest absolute Gasteiger partial charge is 0.138 e. The molecule has 14 nitrogen and oxygen atoms in total. The Morgan fingerprint density at radius 3 is 1.12 bits per heavy atom. The molecule has 234 valence electrons. The van der Waals surface area contributed by atoms with Gasteiger partial charge in [-0.3, -0.25) is 0 Å². The highest BCUT2D eigenvalue weighted by Gasteiger charge is 2.45. The molecule has 2 saturated heterocycles. The van der Waals surface area contributed by atoms with Gasteiger partial charge in [-0.1, -0.05) is 72.4 Å². The summed E-state index contributed by atoms with van der Waals surface area (Å²) in [4.78, 5) is 0. The summed E-state index contributed by atoms with van der Waals surface area (Å²) in [7, 11) is 0. The second-order valence-corrected chi connectivity index (χ2v) is 12.3. The Morgan fingerprint density at radius 2 is 0.825 bits per heavy atom. The van der Waals surface area contributed by atoms with Crippen LogP contribution in [0.3, 0.4) is 0 Å². The molecule has 10 N–H and O–H groups in total. The zero-order valence-corrected chi connectivity index (χ0v) is 23.9. The molecule has 10 atom stereocenters. The van der Waals surface area contributed by atoms with Crippen molar-refractivity contribution in [3.63, 3.8) is 0 Å². The quantitative estimate of drug-likeness (QED) is 0.0368. The number of unbranched alkanes of at least 4 members (excludes halogenated alkanes) is 7. The second-order valence-electron chi connectivity index (χ2n) is 9.95. The van der Waals surface area contributed by atoms with Crippen LogP contribution in [-0.2, 0) is 9.47 Å². The first-order valence-electron chi connectivity index (χ1n) is 13.5. The van der Waals surface area contributed by atoms with Crippen molar-refractivity contribution in [2.75, 3.05) is 13.2 Å². The lowest BCUT2D eigenvalue weighted by atomic mass is 10.0. The summed E-state index contributed by atoms with van der Waals surface area (Å²) < 4.78 is 10.9. The summed E-state index contributed by atoms with van der Waals surface area (Å²) in [5.74, 6) is 0. The van der Waals surface area contributed by atoms with E-state index in [4.69, 9.17) is 9.47 Å². The third-order valence-corrected chi connectivity index (χ3v) is 9.32. The third kappa shape index (κ3) is 10.5. The standard InChI is InChI=1S/C24H44N2O12S2/c27-11-13-17(29)19(31)21(33)23(37-13)39-15(25-35)9-7-5-3-1-2-4-6-8-10-16(26-36)40-24-22(34)20(32)18(30)14(12-28)38-24/h13-14,17-24,27-36H,1-12H2/b25-15+,26-16+/t13-,14-,17-,18-,19+,20+,21-,22-,23+,24+/m1/s1. The fourth-order valence-electron chi connectivity index (χ4n) is 4.48. The summed E-state index contributed by atoms with van der Waals surface area (Å²) >= 11 is 1.90. The minimum absolute atomic E-state index is 0.326. The van der Waals surface area contributed by atoms with Crippen LogP contribution in [0.2, 0.25) is 0 Å². The van der Waals surface area contributed by atoms with E-state index in [9.17, 15) is 51.3 Å². The molecule has 0 spiro atoms. The molecule has 2 fully saturated rings. The van der Waals surface area contributed by atoms with Gasteiger partial charge in [-0.05, 0) is 25.7 Å². The summed E-state index contributed by atoms with van der Waals surface area (Å²) in [5, 5.41) is 104. The normalized spacial score (nSPS) is 35.7. The van der Waals surface area contributed by atoms with Crippen LogP contribution in [0.4, 0.5) is 0 Å². The molecular weight excluding hydrogens is 572 g/mol. The molecule has 2 aliphatic heterocycles. The number of aliphatic hydroxyl groups excluding tert-OH is 8. The summed E-state index contributed by atoms with van der Waals surface area (Å²) in [6, 6.07) is 0. The highest BCUT2D eigenvalue weighted by Crippen LogP contribution is 2.32. The Labute approximate surface area is 241 Å². The lowest BCUT2D eigenvalue weighted by molar-refractivity contribution is -0.205. The largest absolute Gasteiger partial charge is 0.410 e. The summed E-state index contributed by atoms with van der Waals surface area (Å²) in [5.41, 5.74) is -1.96. The average Bonchev–Trinajstić information content (AvgIpc) is 2.96. The molecule has 0 aromatic rings. The van der Waals surface area contributed by atoms with E-state index in [2.05, 4.69) is 10.3 Å². The van der Waals surface area contributed by atoms with Crippen molar-refractivity contribution in [3.05, 3.63) is 0 Å². The predicted octanol–water partition coefficient (Wildman–Crippen LogP) is -0.471. The number of rotatable bonds is 15. The molecule has 0 saturated carbocycles. The van der Waals surface area contributed by atoms with E-state index in [0.717, 1.165) is 74.9 Å². The van der Waals surface area contributed by atoms with Gasteiger partial charge in [0.05, 0.1) is 13.2 Å². The van der Waals surface area contributed by atoms with Crippen LogP contribution >= 0.6 is 23.5 Å². The lowest BCUT2D eigenvalue weighted by Gasteiger charge is -2.39. The van der Waals surface area contributed by atoms with Gasteiger partial charge in [-0.25, -0.2) is 0 Å². The molecule has 0 amide bonds. The molecule has 16 heteroatoms.